The van der Waals surface area contributed by atoms with Crippen LogP contribution in [-0.2, 0) is 0 Å². The Balaban J connectivity index is 1.63. The lowest BCUT2D eigenvalue weighted by Crippen LogP contribution is -2.14. The topological polar surface area (TPSA) is 76.1 Å². The number of amides is 1. The lowest BCUT2D eigenvalue weighted by Gasteiger charge is -2.10. The number of carbonyl (C=O) groups excluding carboxylic acids is 1. The van der Waals surface area contributed by atoms with Gasteiger partial charge in [-0.15, -0.1) is 0 Å². The first-order chi connectivity index (χ1) is 13.4. The van der Waals surface area contributed by atoms with Crippen LogP contribution in [0.4, 0.5) is 26.1 Å². The van der Waals surface area contributed by atoms with Crippen LogP contribution in [-0.4, -0.2) is 22.0 Å². The zero-order chi connectivity index (χ0) is 20.1. The van der Waals surface area contributed by atoms with Crippen molar-refractivity contribution in [3.8, 4) is 5.75 Å². The van der Waals surface area contributed by atoms with Crippen LogP contribution in [0.5, 0.6) is 5.75 Å². The van der Waals surface area contributed by atoms with E-state index in [1.165, 1.54) is 12.4 Å². The molecule has 0 saturated carbocycles. The summed E-state index contributed by atoms with van der Waals surface area (Å²) in [6.45, 7) is 3.89. The highest BCUT2D eigenvalue weighted by Gasteiger charge is 2.11. The third-order valence-corrected chi connectivity index (χ3v) is 3.58. The van der Waals surface area contributed by atoms with Gasteiger partial charge >= 0.3 is 0 Å². The van der Waals surface area contributed by atoms with Crippen LogP contribution in [0.2, 0.25) is 0 Å². The summed E-state index contributed by atoms with van der Waals surface area (Å²) in [6, 6.07) is 10.2. The molecule has 3 aromatic rings. The summed E-state index contributed by atoms with van der Waals surface area (Å²) in [5, 5.41) is 5.35. The zero-order valence-electron chi connectivity index (χ0n) is 15.2. The predicted molar refractivity (Wildman–Crippen MR) is 102 cm³/mol. The molecule has 0 saturated heterocycles. The molecule has 0 aliphatic carbocycles. The van der Waals surface area contributed by atoms with Crippen LogP contribution in [0.3, 0.4) is 0 Å². The molecule has 0 aliphatic heterocycles. The molecule has 0 spiro atoms. The highest BCUT2D eigenvalue weighted by Crippen LogP contribution is 2.19. The highest BCUT2D eigenvalue weighted by molar-refractivity contribution is 6.03. The van der Waals surface area contributed by atoms with Crippen molar-refractivity contribution >= 4 is 23.2 Å². The lowest BCUT2D eigenvalue weighted by molar-refractivity contribution is 0.102. The fraction of sp³-hybridized carbons (Fsp3) is 0.150. The number of ether oxygens (including phenoxy) is 1. The normalized spacial score (nSPS) is 10.6. The summed E-state index contributed by atoms with van der Waals surface area (Å²) in [4.78, 5) is 20.3. The summed E-state index contributed by atoms with van der Waals surface area (Å²) in [6.07, 6.45) is 2.70. The number of nitrogens with zero attached hydrogens (tertiary/aromatic N) is 2. The van der Waals surface area contributed by atoms with Crippen molar-refractivity contribution in [2.45, 2.75) is 20.0 Å². The summed E-state index contributed by atoms with van der Waals surface area (Å²) >= 11 is 0. The van der Waals surface area contributed by atoms with E-state index in [1.807, 2.05) is 38.1 Å². The first-order valence-electron chi connectivity index (χ1n) is 8.53. The molecule has 144 valence electrons. The van der Waals surface area contributed by atoms with Crippen LogP contribution < -0.4 is 15.4 Å². The number of hydrogen-bond donors (Lipinski definition) is 2. The number of benzene rings is 2. The average molecular weight is 384 g/mol. The van der Waals surface area contributed by atoms with Gasteiger partial charge < -0.3 is 15.4 Å². The Kier molecular flexibility index (Phi) is 5.78. The monoisotopic (exact) mass is 384 g/mol. The Bertz CT molecular complexity index is 961. The highest BCUT2D eigenvalue weighted by atomic mass is 19.1. The third kappa shape index (κ3) is 5.00. The fourth-order valence-corrected chi connectivity index (χ4v) is 2.31. The van der Waals surface area contributed by atoms with E-state index < -0.39 is 17.5 Å². The van der Waals surface area contributed by atoms with E-state index in [-0.39, 0.29) is 17.4 Å². The molecule has 0 unspecified atom stereocenters. The molecule has 0 atom stereocenters. The van der Waals surface area contributed by atoms with E-state index >= 15 is 0 Å². The second kappa shape index (κ2) is 8.43. The van der Waals surface area contributed by atoms with E-state index in [2.05, 4.69) is 20.6 Å². The Hall–Kier alpha value is -3.55. The molecule has 1 heterocycles. The molecule has 1 amide bonds. The fourth-order valence-electron chi connectivity index (χ4n) is 2.31. The molecule has 0 aliphatic rings. The molecular formula is C20H18F2N4O2. The maximum Gasteiger partial charge on any atom is 0.258 e. The standard InChI is InChI=1S/C20H18F2N4O2/c1-12(2)28-16-6-4-15(5-7-16)25-20-23-10-13(11-24-20)19(27)26-18-8-3-14(21)9-17(18)22/h3-12H,1-2H3,(H,26,27)(H,23,24,25). The molecule has 3 rings (SSSR count). The van der Waals surface area contributed by atoms with Gasteiger partial charge in [0.25, 0.3) is 5.91 Å². The van der Waals surface area contributed by atoms with Gasteiger partial charge in [0.05, 0.1) is 17.4 Å². The largest absolute Gasteiger partial charge is 0.491 e. The van der Waals surface area contributed by atoms with Crippen LogP contribution in [0.15, 0.2) is 54.9 Å². The molecule has 2 aromatic carbocycles. The first kappa shape index (κ1) is 19.2. The molecule has 2 N–H and O–H groups in total. The van der Waals surface area contributed by atoms with Crippen molar-refractivity contribution in [3.05, 3.63) is 72.1 Å². The van der Waals surface area contributed by atoms with Gasteiger partial charge in [-0.05, 0) is 50.2 Å². The Morgan fingerprint density at radius 1 is 1.04 bits per heavy atom. The van der Waals surface area contributed by atoms with E-state index in [4.69, 9.17) is 4.74 Å². The van der Waals surface area contributed by atoms with Crippen molar-refractivity contribution < 1.29 is 18.3 Å². The van der Waals surface area contributed by atoms with E-state index in [1.54, 1.807) is 0 Å². The summed E-state index contributed by atoms with van der Waals surface area (Å²) < 4.78 is 32.1. The maximum atomic E-state index is 13.6. The van der Waals surface area contributed by atoms with Gasteiger partial charge in [0.2, 0.25) is 5.95 Å². The van der Waals surface area contributed by atoms with Crippen molar-refractivity contribution in [3.63, 3.8) is 0 Å². The second-order valence-electron chi connectivity index (χ2n) is 6.19. The van der Waals surface area contributed by atoms with Crippen molar-refractivity contribution in [1.29, 1.82) is 0 Å². The molecule has 0 bridgehead atoms. The van der Waals surface area contributed by atoms with Crippen molar-refractivity contribution in [1.82, 2.24) is 9.97 Å². The van der Waals surface area contributed by atoms with Gasteiger partial charge in [-0.3, -0.25) is 4.79 Å². The number of anilines is 3. The van der Waals surface area contributed by atoms with Gasteiger partial charge in [0, 0.05) is 24.1 Å². The molecule has 1 aromatic heterocycles. The van der Waals surface area contributed by atoms with Crippen LogP contribution >= 0.6 is 0 Å². The summed E-state index contributed by atoms with van der Waals surface area (Å²) in [5.41, 5.74) is 0.758. The third-order valence-electron chi connectivity index (χ3n) is 3.58. The van der Waals surface area contributed by atoms with Gasteiger partial charge in [-0.1, -0.05) is 0 Å². The van der Waals surface area contributed by atoms with E-state index in [0.717, 1.165) is 23.6 Å². The smallest absolute Gasteiger partial charge is 0.258 e. The Morgan fingerprint density at radius 3 is 2.32 bits per heavy atom. The summed E-state index contributed by atoms with van der Waals surface area (Å²) in [5.74, 6) is -1.15. The quantitative estimate of drug-likeness (QED) is 0.653. The van der Waals surface area contributed by atoms with Crippen LogP contribution in [0.25, 0.3) is 0 Å². The second-order valence-corrected chi connectivity index (χ2v) is 6.19. The van der Waals surface area contributed by atoms with Gasteiger partial charge in [-0.25, -0.2) is 18.7 Å². The summed E-state index contributed by atoms with van der Waals surface area (Å²) in [7, 11) is 0. The molecule has 6 nitrogen and oxygen atoms in total. The van der Waals surface area contributed by atoms with E-state index in [0.29, 0.717) is 12.0 Å². The molecule has 28 heavy (non-hydrogen) atoms. The average Bonchev–Trinajstić information content (AvgIpc) is 2.66. The Morgan fingerprint density at radius 2 is 1.71 bits per heavy atom. The van der Waals surface area contributed by atoms with Crippen molar-refractivity contribution in [2.24, 2.45) is 0 Å². The minimum absolute atomic E-state index is 0.0872. The van der Waals surface area contributed by atoms with Gasteiger partial charge in [0.15, 0.2) is 0 Å². The van der Waals surface area contributed by atoms with Gasteiger partial charge in [0.1, 0.15) is 17.4 Å². The molecular weight excluding hydrogens is 366 g/mol. The number of halogens is 2. The molecule has 0 radical (unpaired) electrons. The number of carbonyl (C=O) groups is 1. The van der Waals surface area contributed by atoms with Gasteiger partial charge in [-0.2, -0.15) is 0 Å². The first-order valence-corrected chi connectivity index (χ1v) is 8.53. The number of aromatic nitrogens is 2. The number of rotatable bonds is 6. The van der Waals surface area contributed by atoms with Crippen molar-refractivity contribution in [2.75, 3.05) is 10.6 Å². The number of hydrogen-bond acceptors (Lipinski definition) is 5. The zero-order valence-corrected chi connectivity index (χ0v) is 15.2. The van der Waals surface area contributed by atoms with Crippen LogP contribution in [0.1, 0.15) is 24.2 Å². The minimum Gasteiger partial charge on any atom is -0.491 e. The minimum atomic E-state index is -0.863. The number of nitrogens with one attached hydrogen (secondary N) is 2. The maximum absolute atomic E-state index is 13.6. The SMILES string of the molecule is CC(C)Oc1ccc(Nc2ncc(C(=O)Nc3ccc(F)cc3F)cn2)cc1. The molecule has 8 heteroatoms. The molecule has 0 fully saturated rings. The lowest BCUT2D eigenvalue weighted by atomic mass is 10.2. The van der Waals surface area contributed by atoms with E-state index in [9.17, 15) is 13.6 Å². The Labute approximate surface area is 160 Å². The predicted octanol–water partition coefficient (Wildman–Crippen LogP) is 4.54. The van der Waals surface area contributed by atoms with Crippen LogP contribution in [0, 0.1) is 11.6 Å².